The molecule has 0 heterocycles. The minimum atomic E-state index is -1.10. The van der Waals surface area contributed by atoms with Crippen LogP contribution in [0, 0.1) is 0 Å². The van der Waals surface area contributed by atoms with Crippen molar-refractivity contribution in [2.75, 3.05) is 13.2 Å². The van der Waals surface area contributed by atoms with Crippen molar-refractivity contribution in [1.82, 2.24) is 10.6 Å². The van der Waals surface area contributed by atoms with Crippen LogP contribution in [-0.2, 0) is 14.3 Å². The number of carboxylic acid groups (broad SMARTS) is 1. The summed E-state index contributed by atoms with van der Waals surface area (Å²) in [4.78, 5) is 35.7. The normalized spacial score (nSPS) is 13.4. The second-order valence-electron chi connectivity index (χ2n) is 7.82. The zero-order valence-corrected chi connectivity index (χ0v) is 18.5. The number of hydrogen-bond acceptors (Lipinski definition) is 4. The van der Waals surface area contributed by atoms with E-state index in [1.54, 1.807) is 13.0 Å². The number of carboxylic acids is 1. The molecule has 0 aliphatic heterocycles. The maximum absolute atomic E-state index is 12.2. The highest BCUT2D eigenvalue weighted by Crippen LogP contribution is 2.44. The molecule has 3 rings (SSSR count). The Balaban J connectivity index is 1.51. The first-order valence-electron chi connectivity index (χ1n) is 10.8. The van der Waals surface area contributed by atoms with Gasteiger partial charge in [-0.1, -0.05) is 60.7 Å². The van der Waals surface area contributed by atoms with Crippen LogP contribution in [0.3, 0.4) is 0 Å². The summed E-state index contributed by atoms with van der Waals surface area (Å²) in [5, 5.41) is 14.3. The van der Waals surface area contributed by atoms with E-state index in [0.29, 0.717) is 12.0 Å². The van der Waals surface area contributed by atoms with Crippen molar-refractivity contribution in [3.05, 3.63) is 84.0 Å². The topological polar surface area (TPSA) is 105 Å². The van der Waals surface area contributed by atoms with Gasteiger partial charge in [-0.3, -0.25) is 4.79 Å². The van der Waals surface area contributed by atoms with Gasteiger partial charge in [-0.2, -0.15) is 0 Å². The summed E-state index contributed by atoms with van der Waals surface area (Å²) >= 11 is 0. The highest BCUT2D eigenvalue weighted by molar-refractivity contribution is 5.95. The third kappa shape index (κ3) is 5.88. The SMILES string of the molecule is C=CCCC(NC(=O)/C(C)=C/CNC(=O)OCC1c2ccccc2-c2ccccc21)C(=O)O. The summed E-state index contributed by atoms with van der Waals surface area (Å²) in [6.07, 6.45) is 3.27. The van der Waals surface area contributed by atoms with Crippen LogP contribution in [0.1, 0.15) is 36.8 Å². The predicted molar refractivity (Wildman–Crippen MR) is 126 cm³/mol. The monoisotopic (exact) mass is 448 g/mol. The van der Waals surface area contributed by atoms with Crippen LogP contribution in [0.5, 0.6) is 0 Å². The van der Waals surface area contributed by atoms with E-state index in [9.17, 15) is 19.5 Å². The quantitative estimate of drug-likeness (QED) is 0.376. The molecule has 33 heavy (non-hydrogen) atoms. The molecule has 0 fully saturated rings. The first kappa shape index (κ1) is 23.8. The van der Waals surface area contributed by atoms with Crippen molar-refractivity contribution >= 4 is 18.0 Å². The fraction of sp³-hybridized carbons (Fsp3) is 0.269. The molecule has 172 valence electrons. The zero-order chi connectivity index (χ0) is 23.8. The van der Waals surface area contributed by atoms with Crippen LogP contribution in [0.4, 0.5) is 4.79 Å². The molecule has 7 nitrogen and oxygen atoms in total. The third-order valence-electron chi connectivity index (χ3n) is 5.62. The number of fused-ring (bicyclic) bond motifs is 3. The molecule has 0 bridgehead atoms. The van der Waals surface area contributed by atoms with E-state index < -0.39 is 24.0 Å². The molecule has 0 aromatic heterocycles. The highest BCUT2D eigenvalue weighted by Gasteiger charge is 2.29. The standard InChI is InChI=1S/C26H28N2O5/c1-3-4-13-23(25(30)31)28-24(29)17(2)14-15-27-26(32)33-16-22-20-11-7-5-9-18(20)19-10-6-8-12-21(19)22/h3,5-12,14,22-23H,1,4,13,15-16H2,2H3,(H,27,32)(H,28,29)(H,30,31)/b17-14+. The Kier molecular flexibility index (Phi) is 8.02. The molecule has 1 unspecified atom stereocenters. The van der Waals surface area contributed by atoms with E-state index in [2.05, 4.69) is 29.3 Å². The largest absolute Gasteiger partial charge is 0.480 e. The Morgan fingerprint density at radius 1 is 1.09 bits per heavy atom. The maximum Gasteiger partial charge on any atom is 0.407 e. The zero-order valence-electron chi connectivity index (χ0n) is 18.5. The highest BCUT2D eigenvalue weighted by atomic mass is 16.5. The van der Waals surface area contributed by atoms with Gasteiger partial charge < -0.3 is 20.5 Å². The van der Waals surface area contributed by atoms with Gasteiger partial charge in [-0.25, -0.2) is 9.59 Å². The average Bonchev–Trinajstić information content (AvgIpc) is 3.13. The summed E-state index contributed by atoms with van der Waals surface area (Å²) in [5.41, 5.74) is 4.87. The molecule has 2 aromatic carbocycles. The van der Waals surface area contributed by atoms with Gasteiger partial charge >= 0.3 is 12.1 Å². The first-order chi connectivity index (χ1) is 15.9. The molecule has 0 radical (unpaired) electrons. The molecule has 1 atom stereocenters. The number of carbonyl (C=O) groups excluding carboxylic acids is 2. The van der Waals surface area contributed by atoms with Crippen molar-refractivity contribution < 1.29 is 24.2 Å². The Labute approximate surface area is 193 Å². The lowest BCUT2D eigenvalue weighted by molar-refractivity contribution is -0.141. The van der Waals surface area contributed by atoms with Gasteiger partial charge in [-0.15, -0.1) is 6.58 Å². The maximum atomic E-state index is 12.2. The number of aliphatic carboxylic acids is 1. The van der Waals surface area contributed by atoms with Crippen molar-refractivity contribution in [3.63, 3.8) is 0 Å². The van der Waals surface area contributed by atoms with Crippen LogP contribution >= 0.6 is 0 Å². The minimum Gasteiger partial charge on any atom is -0.480 e. The van der Waals surface area contributed by atoms with Gasteiger partial charge in [0, 0.05) is 18.0 Å². The van der Waals surface area contributed by atoms with Crippen LogP contribution in [-0.4, -0.2) is 42.3 Å². The van der Waals surface area contributed by atoms with E-state index in [0.717, 1.165) is 22.3 Å². The van der Waals surface area contributed by atoms with Crippen LogP contribution in [0.25, 0.3) is 11.1 Å². The molecule has 3 N–H and O–H groups in total. The van der Waals surface area contributed by atoms with Gasteiger partial charge in [0.1, 0.15) is 12.6 Å². The van der Waals surface area contributed by atoms with Gasteiger partial charge in [0.15, 0.2) is 0 Å². The molecular formula is C26H28N2O5. The fourth-order valence-corrected chi connectivity index (χ4v) is 3.84. The molecular weight excluding hydrogens is 420 g/mol. The molecule has 0 spiro atoms. The average molecular weight is 449 g/mol. The number of alkyl carbamates (subject to hydrolysis) is 1. The van der Waals surface area contributed by atoms with E-state index in [-0.39, 0.29) is 25.5 Å². The van der Waals surface area contributed by atoms with Gasteiger partial charge in [0.2, 0.25) is 5.91 Å². The van der Waals surface area contributed by atoms with Crippen LogP contribution < -0.4 is 10.6 Å². The number of carbonyl (C=O) groups is 3. The van der Waals surface area contributed by atoms with Crippen molar-refractivity contribution in [1.29, 1.82) is 0 Å². The molecule has 1 aliphatic rings. The Bertz CT molecular complexity index is 1030. The molecule has 1 aliphatic carbocycles. The predicted octanol–water partition coefficient (Wildman–Crippen LogP) is 4.01. The molecule has 2 amide bonds. The molecule has 7 heteroatoms. The number of ether oxygens (including phenoxy) is 1. The number of hydrogen-bond donors (Lipinski definition) is 3. The minimum absolute atomic E-state index is 0.0327. The second kappa shape index (κ2) is 11.1. The Hall–Kier alpha value is -3.87. The summed E-state index contributed by atoms with van der Waals surface area (Å²) in [6, 6.07) is 15.2. The smallest absolute Gasteiger partial charge is 0.407 e. The second-order valence-corrected chi connectivity index (χ2v) is 7.82. The fourth-order valence-electron chi connectivity index (χ4n) is 3.84. The van der Waals surface area contributed by atoms with Gasteiger partial charge in [0.25, 0.3) is 0 Å². The first-order valence-corrected chi connectivity index (χ1v) is 10.8. The lowest BCUT2D eigenvalue weighted by Crippen LogP contribution is -2.41. The van der Waals surface area contributed by atoms with E-state index in [1.165, 1.54) is 6.08 Å². The van der Waals surface area contributed by atoms with Crippen molar-refractivity contribution in [3.8, 4) is 11.1 Å². The van der Waals surface area contributed by atoms with Crippen LogP contribution in [0.15, 0.2) is 72.8 Å². The van der Waals surface area contributed by atoms with E-state index in [4.69, 9.17) is 4.74 Å². The molecule has 2 aromatic rings. The summed E-state index contributed by atoms with van der Waals surface area (Å²) < 4.78 is 5.46. The lowest BCUT2D eigenvalue weighted by atomic mass is 9.98. The van der Waals surface area contributed by atoms with E-state index in [1.807, 2.05) is 36.4 Å². The summed E-state index contributed by atoms with van der Waals surface area (Å²) in [5.74, 6) is -1.63. The Morgan fingerprint density at radius 2 is 1.70 bits per heavy atom. The van der Waals surface area contributed by atoms with E-state index >= 15 is 0 Å². The summed E-state index contributed by atoms with van der Waals surface area (Å²) in [7, 11) is 0. The molecule has 0 saturated heterocycles. The lowest BCUT2D eigenvalue weighted by Gasteiger charge is -2.15. The van der Waals surface area contributed by atoms with Gasteiger partial charge in [-0.05, 0) is 42.0 Å². The Morgan fingerprint density at radius 3 is 2.27 bits per heavy atom. The summed E-state index contributed by atoms with van der Waals surface area (Å²) in [6.45, 7) is 5.40. The molecule has 0 saturated carbocycles. The number of benzene rings is 2. The number of rotatable bonds is 10. The third-order valence-corrected chi connectivity index (χ3v) is 5.62. The number of nitrogens with one attached hydrogen (secondary N) is 2. The van der Waals surface area contributed by atoms with Gasteiger partial charge in [0.05, 0.1) is 0 Å². The van der Waals surface area contributed by atoms with Crippen molar-refractivity contribution in [2.24, 2.45) is 0 Å². The number of amides is 2. The van der Waals surface area contributed by atoms with Crippen LogP contribution in [0.2, 0.25) is 0 Å². The van der Waals surface area contributed by atoms with Crippen molar-refractivity contribution in [2.45, 2.75) is 31.7 Å². The number of allylic oxidation sites excluding steroid dienone is 1.